The molecule has 3 rings (SSSR count). The van der Waals surface area contributed by atoms with E-state index in [1.165, 1.54) is 21.6 Å². The third kappa shape index (κ3) is 2.80. The Morgan fingerprint density at radius 2 is 1.90 bits per heavy atom. The summed E-state index contributed by atoms with van der Waals surface area (Å²) in [6.45, 7) is 8.82. The van der Waals surface area contributed by atoms with Gasteiger partial charge in [0.15, 0.2) is 0 Å². The lowest BCUT2D eigenvalue weighted by Crippen LogP contribution is -2.45. The largest absolute Gasteiger partial charge is 0.314 e. The predicted octanol–water partition coefficient (Wildman–Crippen LogP) is 3.36. The van der Waals surface area contributed by atoms with Crippen molar-refractivity contribution < 1.29 is 0 Å². The van der Waals surface area contributed by atoms with Crippen molar-refractivity contribution in [2.45, 2.75) is 19.9 Å². The molecular formula is C17H22N2S. The van der Waals surface area contributed by atoms with Gasteiger partial charge in [-0.3, -0.25) is 4.90 Å². The second kappa shape index (κ2) is 6.08. The van der Waals surface area contributed by atoms with Crippen molar-refractivity contribution in [3.63, 3.8) is 0 Å². The van der Waals surface area contributed by atoms with Crippen LogP contribution in [0.25, 0.3) is 0 Å². The van der Waals surface area contributed by atoms with Gasteiger partial charge < -0.3 is 5.32 Å². The highest BCUT2D eigenvalue weighted by molar-refractivity contribution is 7.10. The molecule has 1 N–H and O–H groups in total. The van der Waals surface area contributed by atoms with Crippen LogP contribution in [-0.4, -0.2) is 31.1 Å². The van der Waals surface area contributed by atoms with E-state index in [1.807, 2.05) is 11.3 Å². The Bertz CT molecular complexity index is 556. The summed E-state index contributed by atoms with van der Waals surface area (Å²) in [6.07, 6.45) is 0. The summed E-state index contributed by atoms with van der Waals surface area (Å²) in [5, 5.41) is 5.63. The first kappa shape index (κ1) is 13.8. The highest BCUT2D eigenvalue weighted by atomic mass is 32.1. The number of rotatable bonds is 3. The third-order valence-corrected chi connectivity index (χ3v) is 5.10. The minimum absolute atomic E-state index is 0.413. The van der Waals surface area contributed by atoms with Gasteiger partial charge >= 0.3 is 0 Å². The fraction of sp³-hybridized carbons (Fsp3) is 0.412. The van der Waals surface area contributed by atoms with Crippen molar-refractivity contribution in [2.75, 3.05) is 26.2 Å². The van der Waals surface area contributed by atoms with E-state index in [0.717, 1.165) is 26.2 Å². The molecule has 1 aliphatic rings. The first-order valence-corrected chi connectivity index (χ1v) is 8.19. The van der Waals surface area contributed by atoms with E-state index >= 15 is 0 Å². The van der Waals surface area contributed by atoms with Crippen molar-refractivity contribution in [3.05, 3.63) is 57.3 Å². The Morgan fingerprint density at radius 3 is 2.55 bits per heavy atom. The second-order valence-electron chi connectivity index (χ2n) is 5.55. The lowest BCUT2D eigenvalue weighted by Gasteiger charge is -2.35. The zero-order valence-corrected chi connectivity index (χ0v) is 13.0. The molecule has 0 bridgehead atoms. The Hall–Kier alpha value is -1.16. The molecule has 0 amide bonds. The molecule has 106 valence electrons. The van der Waals surface area contributed by atoms with Gasteiger partial charge in [-0.2, -0.15) is 0 Å². The molecule has 3 heteroatoms. The van der Waals surface area contributed by atoms with Crippen LogP contribution < -0.4 is 5.32 Å². The van der Waals surface area contributed by atoms with Gasteiger partial charge in [0.2, 0.25) is 0 Å². The lowest BCUT2D eigenvalue weighted by atomic mass is 9.98. The molecule has 1 aromatic heterocycles. The Balaban J connectivity index is 1.98. The minimum atomic E-state index is 0.413. The quantitative estimate of drug-likeness (QED) is 0.931. The second-order valence-corrected chi connectivity index (χ2v) is 6.53. The summed E-state index contributed by atoms with van der Waals surface area (Å²) < 4.78 is 0. The average Bonchev–Trinajstić information content (AvgIpc) is 2.98. The van der Waals surface area contributed by atoms with Crippen LogP contribution in [0.4, 0.5) is 0 Å². The number of nitrogens with one attached hydrogen (secondary N) is 1. The molecule has 2 aromatic rings. The van der Waals surface area contributed by atoms with Gasteiger partial charge in [0.1, 0.15) is 0 Å². The number of piperazine rings is 1. The molecule has 1 aliphatic heterocycles. The molecule has 1 fully saturated rings. The van der Waals surface area contributed by atoms with Crippen LogP contribution in [0.5, 0.6) is 0 Å². The van der Waals surface area contributed by atoms with E-state index < -0.39 is 0 Å². The zero-order chi connectivity index (χ0) is 13.9. The van der Waals surface area contributed by atoms with Gasteiger partial charge in [0.05, 0.1) is 6.04 Å². The van der Waals surface area contributed by atoms with Crippen LogP contribution in [0.15, 0.2) is 35.7 Å². The third-order valence-electron chi connectivity index (χ3n) is 4.18. The van der Waals surface area contributed by atoms with Crippen molar-refractivity contribution in [1.82, 2.24) is 10.2 Å². The molecule has 20 heavy (non-hydrogen) atoms. The summed E-state index contributed by atoms with van der Waals surface area (Å²) in [6, 6.07) is 11.8. The van der Waals surface area contributed by atoms with Gasteiger partial charge in [0, 0.05) is 31.1 Å². The number of benzene rings is 1. The van der Waals surface area contributed by atoms with Gasteiger partial charge in [-0.15, -0.1) is 11.3 Å². The molecule has 1 saturated heterocycles. The Kier molecular flexibility index (Phi) is 4.20. The van der Waals surface area contributed by atoms with E-state index in [1.54, 1.807) is 0 Å². The molecule has 0 unspecified atom stereocenters. The van der Waals surface area contributed by atoms with Crippen molar-refractivity contribution in [2.24, 2.45) is 0 Å². The molecule has 0 spiro atoms. The summed E-state index contributed by atoms with van der Waals surface area (Å²) in [7, 11) is 0. The number of hydrogen-bond acceptors (Lipinski definition) is 3. The molecule has 0 aliphatic carbocycles. The van der Waals surface area contributed by atoms with Gasteiger partial charge in [-0.1, -0.05) is 24.3 Å². The summed E-state index contributed by atoms with van der Waals surface area (Å²) in [5.74, 6) is 0. The Labute approximate surface area is 125 Å². The number of thiophene rings is 1. The van der Waals surface area contributed by atoms with Crippen LogP contribution in [0, 0.1) is 13.8 Å². The molecule has 2 nitrogen and oxygen atoms in total. The van der Waals surface area contributed by atoms with Crippen molar-refractivity contribution in [1.29, 1.82) is 0 Å². The van der Waals surface area contributed by atoms with Crippen LogP contribution >= 0.6 is 11.3 Å². The van der Waals surface area contributed by atoms with Gasteiger partial charge in [0.25, 0.3) is 0 Å². The molecule has 1 atom stereocenters. The van der Waals surface area contributed by atoms with Crippen molar-refractivity contribution in [3.8, 4) is 0 Å². The number of aryl methyl sites for hydroxylation is 2. The number of nitrogens with zero attached hydrogens (tertiary/aromatic N) is 1. The maximum Gasteiger partial charge on any atom is 0.0697 e. The van der Waals surface area contributed by atoms with E-state index in [2.05, 4.69) is 59.8 Å². The standard InChI is InChI=1S/C17H22N2S/c1-13-5-6-15(12-14(13)2)17(16-4-3-11-20-16)19-9-7-18-8-10-19/h3-6,11-12,17-18H,7-10H2,1-2H3/t17-/m1/s1. The van der Waals surface area contributed by atoms with E-state index in [0.29, 0.717) is 6.04 Å². The summed E-state index contributed by atoms with van der Waals surface area (Å²) in [4.78, 5) is 4.06. The minimum Gasteiger partial charge on any atom is -0.314 e. The first-order chi connectivity index (χ1) is 9.75. The van der Waals surface area contributed by atoms with Crippen LogP contribution in [0.1, 0.15) is 27.6 Å². The fourth-order valence-electron chi connectivity index (χ4n) is 2.88. The molecule has 1 aromatic carbocycles. The average molecular weight is 286 g/mol. The zero-order valence-electron chi connectivity index (χ0n) is 12.2. The van der Waals surface area contributed by atoms with Crippen LogP contribution in [-0.2, 0) is 0 Å². The summed E-state index contributed by atoms with van der Waals surface area (Å²) >= 11 is 1.87. The first-order valence-electron chi connectivity index (χ1n) is 7.31. The SMILES string of the molecule is Cc1ccc([C@H](c2cccs2)N2CCNCC2)cc1C. The van der Waals surface area contributed by atoms with Crippen molar-refractivity contribution >= 4 is 11.3 Å². The smallest absolute Gasteiger partial charge is 0.0697 e. The van der Waals surface area contributed by atoms with Gasteiger partial charge in [-0.05, 0) is 42.0 Å². The summed E-state index contributed by atoms with van der Waals surface area (Å²) in [5.41, 5.74) is 4.19. The maximum absolute atomic E-state index is 3.45. The molecule has 0 radical (unpaired) electrons. The molecular weight excluding hydrogens is 264 g/mol. The predicted molar refractivity (Wildman–Crippen MR) is 86.5 cm³/mol. The fourth-order valence-corrected chi connectivity index (χ4v) is 3.76. The van der Waals surface area contributed by atoms with Crippen LogP contribution in [0.2, 0.25) is 0 Å². The van der Waals surface area contributed by atoms with Gasteiger partial charge in [-0.25, -0.2) is 0 Å². The lowest BCUT2D eigenvalue weighted by molar-refractivity contribution is 0.200. The van der Waals surface area contributed by atoms with E-state index in [-0.39, 0.29) is 0 Å². The topological polar surface area (TPSA) is 15.3 Å². The highest BCUT2D eigenvalue weighted by Gasteiger charge is 2.24. The van der Waals surface area contributed by atoms with Crippen LogP contribution in [0.3, 0.4) is 0 Å². The molecule has 0 saturated carbocycles. The maximum atomic E-state index is 3.45. The Morgan fingerprint density at radius 1 is 1.10 bits per heavy atom. The monoisotopic (exact) mass is 286 g/mol. The van der Waals surface area contributed by atoms with E-state index in [9.17, 15) is 0 Å². The van der Waals surface area contributed by atoms with E-state index in [4.69, 9.17) is 0 Å². The highest BCUT2D eigenvalue weighted by Crippen LogP contribution is 2.32. The normalized spacial score (nSPS) is 18.1. The molecule has 2 heterocycles. The number of hydrogen-bond donors (Lipinski definition) is 1.